The normalized spacial score (nSPS) is 21.5. The van der Waals surface area contributed by atoms with E-state index in [1.807, 2.05) is 0 Å². The third-order valence-electron chi connectivity index (χ3n) is 11.0. The minimum atomic E-state index is -4.53. The molecule has 0 amide bonds. The van der Waals surface area contributed by atoms with Gasteiger partial charge in [-0.15, -0.1) is 0 Å². The van der Waals surface area contributed by atoms with E-state index in [1.165, 1.54) is 36.4 Å². The Labute approximate surface area is 316 Å². The van der Waals surface area contributed by atoms with Crippen LogP contribution < -0.4 is 9.47 Å². The molecule has 6 rings (SSSR count). The molecule has 0 spiro atoms. The summed E-state index contributed by atoms with van der Waals surface area (Å²) in [4.78, 5) is 10.9. The summed E-state index contributed by atoms with van der Waals surface area (Å²) >= 11 is 3.31. The molecule has 288 valence electrons. The van der Waals surface area contributed by atoms with E-state index in [1.54, 1.807) is 24.3 Å². The van der Waals surface area contributed by atoms with E-state index in [-0.39, 0.29) is 45.3 Å². The van der Waals surface area contributed by atoms with Crippen molar-refractivity contribution >= 4 is 43.8 Å². The quantitative estimate of drug-likeness (QED) is 0.149. The molecule has 2 fully saturated rings. The van der Waals surface area contributed by atoms with Gasteiger partial charge in [0.05, 0.1) is 12.2 Å². The van der Waals surface area contributed by atoms with Gasteiger partial charge >= 0.3 is 12.4 Å². The number of aldehydes is 1. The van der Waals surface area contributed by atoms with E-state index in [4.69, 9.17) is 9.47 Å². The maximum atomic E-state index is 13.8. The Morgan fingerprint density at radius 1 is 0.566 bits per heavy atom. The van der Waals surface area contributed by atoms with Crippen LogP contribution >= 0.6 is 15.9 Å². The van der Waals surface area contributed by atoms with Crippen molar-refractivity contribution in [3.8, 4) is 11.5 Å². The van der Waals surface area contributed by atoms with Gasteiger partial charge in [-0.05, 0) is 126 Å². The van der Waals surface area contributed by atoms with Crippen molar-refractivity contribution in [2.75, 3.05) is 0 Å². The van der Waals surface area contributed by atoms with Crippen LogP contribution in [-0.2, 0) is 12.4 Å². The lowest BCUT2D eigenvalue weighted by atomic mass is 9.72. The van der Waals surface area contributed by atoms with Crippen LogP contribution in [0.15, 0.2) is 65.1 Å². The first kappa shape index (κ1) is 40.9. The highest BCUT2D eigenvalue weighted by molar-refractivity contribution is 9.10. The Bertz CT molecular complexity index is 1890. The fourth-order valence-corrected chi connectivity index (χ4v) is 8.29. The largest absolute Gasteiger partial charge is 0.490 e. The predicted molar refractivity (Wildman–Crippen MR) is 203 cm³/mol. The topological polar surface area (TPSA) is 35.5 Å². The highest BCUT2D eigenvalue weighted by Crippen LogP contribution is 2.46. The summed E-state index contributed by atoms with van der Waals surface area (Å²) < 4.78 is 95.1. The zero-order valence-corrected chi connectivity index (χ0v) is 32.8. The Morgan fingerprint density at radius 2 is 0.962 bits per heavy atom. The lowest BCUT2D eigenvalue weighted by molar-refractivity contribution is -0.139. The van der Waals surface area contributed by atoms with Gasteiger partial charge in [0.1, 0.15) is 28.9 Å². The van der Waals surface area contributed by atoms with Crippen LogP contribution in [0.1, 0.15) is 114 Å². The van der Waals surface area contributed by atoms with Crippen molar-refractivity contribution in [2.24, 2.45) is 22.7 Å². The summed E-state index contributed by atoms with van der Waals surface area (Å²) in [5.41, 5.74) is -0.625. The molecular weight excluding hydrogens is 758 g/mol. The molecule has 0 saturated heterocycles. The van der Waals surface area contributed by atoms with Crippen LogP contribution in [0, 0.1) is 22.7 Å². The van der Waals surface area contributed by atoms with E-state index in [2.05, 4.69) is 57.5 Å². The number of alkyl halides is 6. The second-order valence-electron chi connectivity index (χ2n) is 16.8. The number of benzene rings is 4. The highest BCUT2D eigenvalue weighted by atomic mass is 79.9. The molecule has 0 bridgehead atoms. The zero-order valence-electron chi connectivity index (χ0n) is 31.2. The van der Waals surface area contributed by atoms with Crippen molar-refractivity contribution in [3.63, 3.8) is 0 Å². The smallest absolute Gasteiger partial charge is 0.420 e. The van der Waals surface area contributed by atoms with Gasteiger partial charge in [0.15, 0.2) is 0 Å². The molecule has 53 heavy (non-hydrogen) atoms. The molecule has 2 aliphatic rings. The lowest BCUT2D eigenvalue weighted by Crippen LogP contribution is -2.31. The Morgan fingerprint density at radius 3 is 1.34 bits per heavy atom. The Kier molecular flexibility index (Phi) is 12.2. The van der Waals surface area contributed by atoms with Gasteiger partial charge in [-0.3, -0.25) is 4.79 Å². The molecule has 0 heterocycles. The van der Waals surface area contributed by atoms with Crippen molar-refractivity contribution in [1.82, 2.24) is 0 Å². The van der Waals surface area contributed by atoms with E-state index < -0.39 is 23.5 Å². The molecule has 2 aliphatic carbocycles. The molecule has 0 aromatic heterocycles. The van der Waals surface area contributed by atoms with E-state index in [9.17, 15) is 31.1 Å². The summed E-state index contributed by atoms with van der Waals surface area (Å²) in [6.45, 7) is 13.3. The third kappa shape index (κ3) is 10.1. The number of hydrogen-bond acceptors (Lipinski definition) is 3. The zero-order chi connectivity index (χ0) is 38.9. The van der Waals surface area contributed by atoms with Gasteiger partial charge < -0.3 is 9.47 Å². The van der Waals surface area contributed by atoms with Gasteiger partial charge in [-0.1, -0.05) is 87.8 Å². The molecule has 4 aromatic rings. The molecule has 2 saturated carbocycles. The molecular formula is C43H49BrF6O3. The van der Waals surface area contributed by atoms with Crippen molar-refractivity contribution in [2.45, 2.75) is 117 Å². The first-order chi connectivity index (χ1) is 24.6. The Balaban J connectivity index is 0.000000204. The van der Waals surface area contributed by atoms with Gasteiger partial charge in [0.25, 0.3) is 0 Å². The van der Waals surface area contributed by atoms with Crippen molar-refractivity contribution in [1.29, 1.82) is 0 Å². The predicted octanol–water partition coefficient (Wildman–Crippen LogP) is 14.3. The summed E-state index contributed by atoms with van der Waals surface area (Å²) in [5.74, 6) is 0.996. The second-order valence-corrected chi connectivity index (χ2v) is 17.7. The standard InChI is InChI=1S/C22H25F3O2.C21H24BrF3O/c1-21(2,3)16-6-8-17(9-7-16)27-19-11-5-15-12-14(13-26)4-10-18(15)20(19)22(23,24)25;1-20(2,3)14-5-8-16(9-6-14)26-18-11-4-13-12-15(22)7-10-17(13)19(18)21(23,24)25/h4-5,10-13,16-17H,6-9H2,1-3H3;4,7,10-12,14,16H,5-6,8-9H2,1-3H3. The number of fused-ring (bicyclic) bond motifs is 2. The molecule has 10 heteroatoms. The van der Waals surface area contributed by atoms with Crippen molar-refractivity contribution in [3.05, 3.63) is 81.8 Å². The molecule has 0 atom stereocenters. The van der Waals surface area contributed by atoms with Crippen molar-refractivity contribution < 1.29 is 40.6 Å². The molecule has 0 aliphatic heterocycles. The molecule has 0 unspecified atom stereocenters. The number of ether oxygens (including phenoxy) is 2. The van der Waals surface area contributed by atoms with Gasteiger partial charge in [0, 0.05) is 10.0 Å². The minimum Gasteiger partial charge on any atom is -0.490 e. The third-order valence-corrected chi connectivity index (χ3v) is 11.5. The highest BCUT2D eigenvalue weighted by Gasteiger charge is 2.39. The minimum absolute atomic E-state index is 0.0495. The van der Waals surface area contributed by atoms with E-state index in [0.29, 0.717) is 34.5 Å². The van der Waals surface area contributed by atoms with E-state index >= 15 is 0 Å². The first-order valence-electron chi connectivity index (χ1n) is 18.4. The fourth-order valence-electron chi connectivity index (χ4n) is 7.92. The summed E-state index contributed by atoms with van der Waals surface area (Å²) in [6, 6.07) is 15.2. The number of carbonyl (C=O) groups excluding carboxylic acids is 1. The average Bonchev–Trinajstić information content (AvgIpc) is 3.06. The van der Waals surface area contributed by atoms with Crippen LogP contribution in [0.5, 0.6) is 11.5 Å². The number of hydrogen-bond donors (Lipinski definition) is 0. The number of rotatable bonds is 5. The fraction of sp³-hybridized carbons (Fsp3) is 0.512. The first-order valence-corrected chi connectivity index (χ1v) is 19.2. The van der Waals surface area contributed by atoms with Crippen LogP contribution in [0.3, 0.4) is 0 Å². The monoisotopic (exact) mass is 806 g/mol. The number of halogens is 7. The number of carbonyl (C=O) groups is 1. The molecule has 0 N–H and O–H groups in total. The summed E-state index contributed by atoms with van der Waals surface area (Å²) in [6.07, 6.45) is -1.64. The van der Waals surface area contributed by atoms with Gasteiger partial charge in [-0.2, -0.15) is 26.3 Å². The SMILES string of the molecule is CC(C)(C)C1CCC(Oc2ccc3cc(Br)ccc3c2C(F)(F)F)CC1.CC(C)(C)C1CCC(Oc2ccc3cc(C=O)ccc3c2C(F)(F)F)CC1. The van der Waals surface area contributed by atoms with Crippen LogP contribution in [-0.4, -0.2) is 18.5 Å². The van der Waals surface area contributed by atoms with Crippen LogP contribution in [0.2, 0.25) is 0 Å². The summed E-state index contributed by atoms with van der Waals surface area (Å²) in [7, 11) is 0. The average molecular weight is 808 g/mol. The second kappa shape index (κ2) is 15.8. The summed E-state index contributed by atoms with van der Waals surface area (Å²) in [5, 5.41) is 1.18. The van der Waals surface area contributed by atoms with Crippen LogP contribution in [0.4, 0.5) is 26.3 Å². The van der Waals surface area contributed by atoms with Crippen LogP contribution in [0.25, 0.3) is 21.5 Å². The molecule has 3 nitrogen and oxygen atoms in total. The Hall–Kier alpha value is -3.27. The van der Waals surface area contributed by atoms with E-state index in [0.717, 1.165) is 55.8 Å². The maximum Gasteiger partial charge on any atom is 0.420 e. The lowest BCUT2D eigenvalue weighted by Gasteiger charge is -2.37. The maximum absolute atomic E-state index is 13.8. The molecule has 0 radical (unpaired) electrons. The van der Waals surface area contributed by atoms with Gasteiger partial charge in [-0.25, -0.2) is 0 Å². The molecule has 4 aromatic carbocycles. The van der Waals surface area contributed by atoms with Gasteiger partial charge in [0.2, 0.25) is 0 Å².